The van der Waals surface area contributed by atoms with Crippen molar-refractivity contribution < 1.29 is 13.2 Å². The van der Waals surface area contributed by atoms with E-state index in [-0.39, 0.29) is 5.65 Å². The number of imidazole rings is 1. The van der Waals surface area contributed by atoms with Gasteiger partial charge in [-0.2, -0.15) is 18.4 Å². The summed E-state index contributed by atoms with van der Waals surface area (Å²) in [5.74, 6) is 0.508. The van der Waals surface area contributed by atoms with Crippen molar-refractivity contribution >= 4 is 17.3 Å². The van der Waals surface area contributed by atoms with Crippen molar-refractivity contribution in [3.8, 4) is 6.07 Å². The minimum atomic E-state index is -4.46. The van der Waals surface area contributed by atoms with E-state index in [1.165, 1.54) is 4.40 Å². The van der Waals surface area contributed by atoms with Crippen LogP contribution >= 0.6 is 0 Å². The maximum absolute atomic E-state index is 12.8. The molecular formula is C17H14F3N7. The zero-order valence-corrected chi connectivity index (χ0v) is 14.1. The van der Waals surface area contributed by atoms with E-state index in [1.54, 1.807) is 30.6 Å². The second kappa shape index (κ2) is 6.42. The predicted octanol–water partition coefficient (Wildman–Crippen LogP) is 2.34. The number of halogens is 3. The second-order valence-electron chi connectivity index (χ2n) is 6.10. The van der Waals surface area contributed by atoms with Gasteiger partial charge in [0.25, 0.3) is 0 Å². The Balaban J connectivity index is 1.50. The van der Waals surface area contributed by atoms with Crippen LogP contribution in [0.3, 0.4) is 0 Å². The monoisotopic (exact) mass is 373 g/mol. The molecule has 4 rings (SSSR count). The normalized spacial score (nSPS) is 15.2. The van der Waals surface area contributed by atoms with Crippen LogP contribution < -0.4 is 9.80 Å². The third kappa shape index (κ3) is 3.36. The number of rotatable bonds is 2. The first kappa shape index (κ1) is 17.1. The number of nitrogens with zero attached hydrogens (tertiary/aromatic N) is 7. The van der Waals surface area contributed by atoms with Crippen LogP contribution in [0.2, 0.25) is 0 Å². The molecule has 1 aliphatic heterocycles. The van der Waals surface area contributed by atoms with E-state index >= 15 is 0 Å². The van der Waals surface area contributed by atoms with Crippen LogP contribution in [0.5, 0.6) is 0 Å². The lowest BCUT2D eigenvalue weighted by molar-refractivity contribution is -0.140. The van der Waals surface area contributed by atoms with Crippen molar-refractivity contribution in [3.05, 3.63) is 48.2 Å². The molecule has 0 aliphatic carbocycles. The van der Waals surface area contributed by atoms with Crippen LogP contribution in [0.25, 0.3) is 5.65 Å². The summed E-state index contributed by atoms with van der Waals surface area (Å²) in [4.78, 5) is 16.1. The van der Waals surface area contributed by atoms with E-state index in [0.717, 1.165) is 11.9 Å². The molecule has 0 radical (unpaired) electrons. The third-order valence-electron chi connectivity index (χ3n) is 4.41. The molecule has 3 aromatic rings. The van der Waals surface area contributed by atoms with Crippen molar-refractivity contribution in [1.29, 1.82) is 5.26 Å². The van der Waals surface area contributed by atoms with Gasteiger partial charge < -0.3 is 14.2 Å². The number of pyridine rings is 1. The number of aromatic nitrogens is 4. The standard InChI is InChI=1S/C17H14F3N7/c18-17(19,20)14-11-27-10-13(1-2-15(27)24-14)25-5-7-26(8-6-25)16-22-4-3-12(9-21)23-16/h1-4,10-11H,5-8H2. The van der Waals surface area contributed by atoms with Gasteiger partial charge in [-0.05, 0) is 18.2 Å². The fourth-order valence-corrected chi connectivity index (χ4v) is 3.03. The quantitative estimate of drug-likeness (QED) is 0.687. The first-order valence-electron chi connectivity index (χ1n) is 8.23. The first-order valence-corrected chi connectivity index (χ1v) is 8.23. The minimum Gasteiger partial charge on any atom is -0.367 e. The number of nitriles is 1. The summed E-state index contributed by atoms with van der Waals surface area (Å²) in [5.41, 5.74) is 0.485. The molecule has 1 saturated heterocycles. The number of piperazine rings is 1. The highest BCUT2D eigenvalue weighted by atomic mass is 19.4. The van der Waals surface area contributed by atoms with Crippen LogP contribution in [0.4, 0.5) is 24.8 Å². The van der Waals surface area contributed by atoms with Gasteiger partial charge in [-0.1, -0.05) is 0 Å². The highest BCUT2D eigenvalue weighted by Gasteiger charge is 2.34. The SMILES string of the molecule is N#Cc1ccnc(N2CCN(c3ccc4nc(C(F)(F)F)cn4c3)CC2)n1. The van der Waals surface area contributed by atoms with Crippen molar-refractivity contribution in [3.63, 3.8) is 0 Å². The molecule has 0 aromatic carbocycles. The van der Waals surface area contributed by atoms with Gasteiger partial charge in [0.1, 0.15) is 17.4 Å². The summed E-state index contributed by atoms with van der Waals surface area (Å²) in [6.07, 6.45) is -0.259. The molecule has 138 valence electrons. The highest BCUT2D eigenvalue weighted by molar-refractivity contribution is 5.53. The Labute approximate surface area is 152 Å². The number of anilines is 2. The summed E-state index contributed by atoms with van der Waals surface area (Å²) >= 11 is 0. The highest BCUT2D eigenvalue weighted by Crippen LogP contribution is 2.29. The first-order chi connectivity index (χ1) is 12.9. The van der Waals surface area contributed by atoms with Gasteiger partial charge in [0.05, 0.1) is 5.69 Å². The molecule has 0 amide bonds. The average molecular weight is 373 g/mol. The van der Waals surface area contributed by atoms with E-state index in [1.807, 2.05) is 11.0 Å². The van der Waals surface area contributed by atoms with Gasteiger partial charge in [-0.15, -0.1) is 0 Å². The zero-order chi connectivity index (χ0) is 19.0. The largest absolute Gasteiger partial charge is 0.434 e. The number of alkyl halides is 3. The molecule has 0 N–H and O–H groups in total. The molecular weight excluding hydrogens is 359 g/mol. The van der Waals surface area contributed by atoms with Crippen LogP contribution in [-0.4, -0.2) is 45.5 Å². The van der Waals surface area contributed by atoms with Crippen molar-refractivity contribution in [1.82, 2.24) is 19.4 Å². The number of hydrogen-bond acceptors (Lipinski definition) is 6. The smallest absolute Gasteiger partial charge is 0.367 e. The zero-order valence-electron chi connectivity index (χ0n) is 14.1. The van der Waals surface area contributed by atoms with Gasteiger partial charge in [-0.3, -0.25) is 0 Å². The Kier molecular flexibility index (Phi) is 4.07. The lowest BCUT2D eigenvalue weighted by Crippen LogP contribution is -2.47. The lowest BCUT2D eigenvalue weighted by Gasteiger charge is -2.36. The van der Waals surface area contributed by atoms with Gasteiger partial charge >= 0.3 is 6.18 Å². The summed E-state index contributed by atoms with van der Waals surface area (Å²) in [6, 6.07) is 6.89. The molecule has 7 nitrogen and oxygen atoms in total. The van der Waals surface area contributed by atoms with E-state index in [4.69, 9.17) is 5.26 Å². The van der Waals surface area contributed by atoms with Crippen LogP contribution in [0, 0.1) is 11.3 Å². The van der Waals surface area contributed by atoms with Crippen molar-refractivity contribution in [2.75, 3.05) is 36.0 Å². The lowest BCUT2D eigenvalue weighted by atomic mass is 10.3. The number of fused-ring (bicyclic) bond motifs is 1. The molecule has 3 aromatic heterocycles. The van der Waals surface area contributed by atoms with Gasteiger partial charge in [0, 0.05) is 44.8 Å². The molecule has 10 heteroatoms. The fraction of sp³-hybridized carbons (Fsp3) is 0.294. The van der Waals surface area contributed by atoms with Gasteiger partial charge in [0.15, 0.2) is 5.69 Å². The van der Waals surface area contributed by atoms with Crippen LogP contribution in [0.1, 0.15) is 11.4 Å². The fourth-order valence-electron chi connectivity index (χ4n) is 3.03. The molecule has 0 bridgehead atoms. The van der Waals surface area contributed by atoms with E-state index in [2.05, 4.69) is 19.9 Å². The molecule has 1 fully saturated rings. The van der Waals surface area contributed by atoms with E-state index < -0.39 is 11.9 Å². The molecule has 0 atom stereocenters. The van der Waals surface area contributed by atoms with Gasteiger partial charge in [-0.25, -0.2) is 15.0 Å². The molecule has 4 heterocycles. The summed E-state index contributed by atoms with van der Waals surface area (Å²) < 4.78 is 39.8. The Morgan fingerprint density at radius 1 is 0.963 bits per heavy atom. The Bertz CT molecular complexity index is 1010. The maximum Gasteiger partial charge on any atom is 0.434 e. The minimum absolute atomic E-state index is 0.256. The van der Waals surface area contributed by atoms with Gasteiger partial charge in [0.2, 0.25) is 5.95 Å². The van der Waals surface area contributed by atoms with E-state index in [9.17, 15) is 13.2 Å². The van der Waals surface area contributed by atoms with E-state index in [0.29, 0.717) is 37.8 Å². The Hall–Kier alpha value is -3.35. The predicted molar refractivity (Wildman–Crippen MR) is 91.4 cm³/mol. The maximum atomic E-state index is 12.8. The molecule has 1 aliphatic rings. The number of hydrogen-bond donors (Lipinski definition) is 0. The Morgan fingerprint density at radius 2 is 1.70 bits per heavy atom. The molecule has 0 spiro atoms. The molecule has 0 unspecified atom stereocenters. The molecule has 0 saturated carbocycles. The van der Waals surface area contributed by atoms with Crippen molar-refractivity contribution in [2.45, 2.75) is 6.18 Å². The van der Waals surface area contributed by atoms with Crippen LogP contribution in [-0.2, 0) is 6.18 Å². The summed E-state index contributed by atoms with van der Waals surface area (Å²) in [6.45, 7) is 2.61. The summed E-state index contributed by atoms with van der Waals surface area (Å²) in [7, 11) is 0. The van der Waals surface area contributed by atoms with Crippen molar-refractivity contribution in [2.24, 2.45) is 0 Å². The van der Waals surface area contributed by atoms with Crippen LogP contribution in [0.15, 0.2) is 36.8 Å². The summed E-state index contributed by atoms with van der Waals surface area (Å²) in [5, 5.41) is 8.94. The molecule has 27 heavy (non-hydrogen) atoms. The third-order valence-corrected chi connectivity index (χ3v) is 4.41. The Morgan fingerprint density at radius 3 is 2.41 bits per heavy atom. The second-order valence-corrected chi connectivity index (χ2v) is 6.10. The topological polar surface area (TPSA) is 73.4 Å². The average Bonchev–Trinajstić information content (AvgIpc) is 3.12.